The summed E-state index contributed by atoms with van der Waals surface area (Å²) in [7, 11) is 0. The highest BCUT2D eigenvalue weighted by molar-refractivity contribution is 7.80. The number of benzene rings is 2. The van der Waals surface area contributed by atoms with E-state index in [4.69, 9.17) is 12.2 Å². The molecule has 26 heavy (non-hydrogen) atoms. The number of piperazine rings is 1. The van der Waals surface area contributed by atoms with Crippen LogP contribution in [0.15, 0.2) is 66.7 Å². The van der Waals surface area contributed by atoms with Crippen molar-refractivity contribution in [3.63, 3.8) is 0 Å². The largest absolute Gasteiger partial charge is 0.362 e. The van der Waals surface area contributed by atoms with E-state index in [9.17, 15) is 0 Å². The van der Waals surface area contributed by atoms with Crippen LogP contribution in [0.1, 0.15) is 11.1 Å². The molecular formula is C22H28N3S+. The first kappa shape index (κ1) is 18.6. The van der Waals surface area contributed by atoms with E-state index in [0.29, 0.717) is 0 Å². The van der Waals surface area contributed by atoms with Crippen molar-refractivity contribution >= 4 is 23.4 Å². The molecule has 0 radical (unpaired) electrons. The van der Waals surface area contributed by atoms with Gasteiger partial charge in [-0.3, -0.25) is 0 Å². The Kier molecular flexibility index (Phi) is 7.23. The lowest BCUT2D eigenvalue weighted by Crippen LogP contribution is -3.14. The predicted molar refractivity (Wildman–Crippen MR) is 113 cm³/mol. The van der Waals surface area contributed by atoms with Crippen molar-refractivity contribution < 1.29 is 4.90 Å². The summed E-state index contributed by atoms with van der Waals surface area (Å²) in [5, 5.41) is 4.32. The maximum absolute atomic E-state index is 5.57. The first-order valence-corrected chi connectivity index (χ1v) is 9.84. The van der Waals surface area contributed by atoms with Crippen LogP contribution in [-0.2, 0) is 6.42 Å². The number of hydrogen-bond donors (Lipinski definition) is 2. The molecule has 0 aliphatic carbocycles. The van der Waals surface area contributed by atoms with Crippen LogP contribution in [0, 0.1) is 0 Å². The Morgan fingerprint density at radius 3 is 2.35 bits per heavy atom. The minimum atomic E-state index is 0.899. The standard InChI is InChI=1S/C22H27N3S/c26-22(23-14-13-21-10-5-2-6-11-21)25-18-16-24(17-19-25)15-7-12-20-8-3-1-4-9-20/h1-12H,13-19H2,(H,23,26)/p+1/b12-7+. The Bertz CT molecular complexity index is 692. The van der Waals surface area contributed by atoms with E-state index in [2.05, 4.69) is 83.0 Å². The summed E-state index contributed by atoms with van der Waals surface area (Å²) in [6, 6.07) is 21.0. The number of nitrogens with one attached hydrogen (secondary N) is 2. The van der Waals surface area contributed by atoms with Crippen LogP contribution in [0.5, 0.6) is 0 Å². The predicted octanol–water partition coefficient (Wildman–Crippen LogP) is 2.02. The topological polar surface area (TPSA) is 19.7 Å². The highest BCUT2D eigenvalue weighted by atomic mass is 32.1. The Morgan fingerprint density at radius 2 is 1.65 bits per heavy atom. The lowest BCUT2D eigenvalue weighted by Gasteiger charge is -2.33. The third kappa shape index (κ3) is 5.97. The van der Waals surface area contributed by atoms with E-state index in [1.807, 2.05) is 0 Å². The fourth-order valence-corrected chi connectivity index (χ4v) is 3.51. The van der Waals surface area contributed by atoms with Gasteiger partial charge in [0.1, 0.15) is 0 Å². The van der Waals surface area contributed by atoms with Crippen molar-refractivity contribution in [3.05, 3.63) is 77.9 Å². The van der Waals surface area contributed by atoms with Gasteiger partial charge in [-0.05, 0) is 35.8 Å². The molecule has 2 N–H and O–H groups in total. The first-order valence-electron chi connectivity index (χ1n) is 9.43. The molecule has 2 aromatic rings. The van der Waals surface area contributed by atoms with E-state index >= 15 is 0 Å². The average Bonchev–Trinajstić information content (AvgIpc) is 2.70. The van der Waals surface area contributed by atoms with Crippen molar-refractivity contribution in [2.75, 3.05) is 39.3 Å². The normalized spacial score (nSPS) is 15.3. The molecule has 0 saturated carbocycles. The van der Waals surface area contributed by atoms with Crippen molar-refractivity contribution in [1.82, 2.24) is 10.2 Å². The van der Waals surface area contributed by atoms with E-state index in [0.717, 1.165) is 50.8 Å². The molecule has 1 saturated heterocycles. The molecule has 2 aromatic carbocycles. The van der Waals surface area contributed by atoms with Crippen molar-refractivity contribution in [1.29, 1.82) is 0 Å². The van der Waals surface area contributed by atoms with Gasteiger partial charge < -0.3 is 15.1 Å². The molecule has 1 aliphatic rings. The van der Waals surface area contributed by atoms with E-state index < -0.39 is 0 Å². The molecule has 1 heterocycles. The number of thiocarbonyl (C=S) groups is 1. The molecule has 3 nitrogen and oxygen atoms in total. The molecule has 4 heteroatoms. The summed E-state index contributed by atoms with van der Waals surface area (Å²) < 4.78 is 0. The van der Waals surface area contributed by atoms with E-state index in [-0.39, 0.29) is 0 Å². The SMILES string of the molecule is S=C(NCCc1ccccc1)N1CC[NH+](C/C=C/c2ccccc2)CC1. The first-order chi connectivity index (χ1) is 12.8. The van der Waals surface area contributed by atoms with Crippen LogP contribution < -0.4 is 10.2 Å². The zero-order valence-corrected chi connectivity index (χ0v) is 16.0. The maximum Gasteiger partial charge on any atom is 0.169 e. The molecule has 136 valence electrons. The van der Waals surface area contributed by atoms with Crippen molar-refractivity contribution in [2.45, 2.75) is 6.42 Å². The van der Waals surface area contributed by atoms with Crippen molar-refractivity contribution in [2.24, 2.45) is 0 Å². The molecule has 0 unspecified atom stereocenters. The second-order valence-corrected chi connectivity index (χ2v) is 7.11. The Labute approximate surface area is 162 Å². The zero-order chi connectivity index (χ0) is 18.0. The minimum Gasteiger partial charge on any atom is -0.362 e. The second kappa shape index (κ2) is 10.1. The van der Waals surface area contributed by atoms with Gasteiger partial charge in [0.25, 0.3) is 0 Å². The summed E-state index contributed by atoms with van der Waals surface area (Å²) >= 11 is 5.57. The average molecular weight is 367 g/mol. The Morgan fingerprint density at radius 1 is 1.00 bits per heavy atom. The minimum absolute atomic E-state index is 0.899. The Hall–Kier alpha value is -2.17. The van der Waals surface area contributed by atoms with Gasteiger partial charge in [-0.15, -0.1) is 0 Å². The molecule has 0 spiro atoms. The highest BCUT2D eigenvalue weighted by Crippen LogP contribution is 2.00. The molecule has 0 amide bonds. The third-order valence-electron chi connectivity index (χ3n) is 4.81. The third-order valence-corrected chi connectivity index (χ3v) is 5.21. The summed E-state index contributed by atoms with van der Waals surface area (Å²) in [5.41, 5.74) is 2.62. The van der Waals surface area contributed by atoms with Crippen LogP contribution in [0.3, 0.4) is 0 Å². The molecule has 0 bridgehead atoms. The molecule has 1 aliphatic heterocycles. The smallest absolute Gasteiger partial charge is 0.169 e. The lowest BCUT2D eigenvalue weighted by molar-refractivity contribution is -0.897. The summed E-state index contributed by atoms with van der Waals surface area (Å²) in [6.07, 6.45) is 5.52. The monoisotopic (exact) mass is 366 g/mol. The van der Waals surface area contributed by atoms with Gasteiger partial charge in [-0.1, -0.05) is 66.7 Å². The fraction of sp³-hybridized carbons (Fsp3) is 0.318. The van der Waals surface area contributed by atoms with E-state index in [1.165, 1.54) is 11.1 Å². The summed E-state index contributed by atoms with van der Waals surface area (Å²) in [4.78, 5) is 3.94. The van der Waals surface area contributed by atoms with Crippen LogP contribution >= 0.6 is 12.2 Å². The molecule has 1 fully saturated rings. The zero-order valence-electron chi connectivity index (χ0n) is 15.2. The Balaban J connectivity index is 1.34. The van der Waals surface area contributed by atoms with Gasteiger partial charge in [0.15, 0.2) is 5.11 Å². The van der Waals surface area contributed by atoms with Crippen LogP contribution in [0.2, 0.25) is 0 Å². The quantitative estimate of drug-likeness (QED) is 0.763. The summed E-state index contributed by atoms with van der Waals surface area (Å²) in [5.74, 6) is 0. The molecule has 0 aromatic heterocycles. The van der Waals surface area contributed by atoms with Crippen LogP contribution in [0.25, 0.3) is 6.08 Å². The van der Waals surface area contributed by atoms with Crippen molar-refractivity contribution in [3.8, 4) is 0 Å². The van der Waals surface area contributed by atoms with Gasteiger partial charge in [-0.25, -0.2) is 0 Å². The number of quaternary nitrogens is 1. The lowest BCUT2D eigenvalue weighted by atomic mass is 10.1. The number of hydrogen-bond acceptors (Lipinski definition) is 1. The maximum atomic E-state index is 5.57. The fourth-order valence-electron chi connectivity index (χ4n) is 3.23. The van der Waals surface area contributed by atoms with E-state index in [1.54, 1.807) is 4.90 Å². The van der Waals surface area contributed by atoms with Gasteiger partial charge in [0.2, 0.25) is 0 Å². The van der Waals surface area contributed by atoms with Gasteiger partial charge in [0.05, 0.1) is 32.7 Å². The molecular weight excluding hydrogens is 338 g/mol. The number of rotatable bonds is 6. The summed E-state index contributed by atoms with van der Waals surface area (Å²) in [6.45, 7) is 6.32. The molecule has 3 rings (SSSR count). The van der Waals surface area contributed by atoms with Crippen LogP contribution in [-0.4, -0.2) is 49.3 Å². The highest BCUT2D eigenvalue weighted by Gasteiger charge is 2.20. The molecule has 0 atom stereocenters. The van der Waals surface area contributed by atoms with Gasteiger partial charge in [-0.2, -0.15) is 0 Å². The number of nitrogens with zero attached hydrogens (tertiary/aromatic N) is 1. The van der Waals surface area contributed by atoms with Crippen LogP contribution in [0.4, 0.5) is 0 Å². The van der Waals surface area contributed by atoms with Gasteiger partial charge in [0, 0.05) is 6.54 Å². The van der Waals surface area contributed by atoms with Gasteiger partial charge >= 0.3 is 0 Å². The second-order valence-electron chi connectivity index (χ2n) is 6.72.